The van der Waals surface area contributed by atoms with Crippen LogP contribution in [-0.4, -0.2) is 84.2 Å². The van der Waals surface area contributed by atoms with Gasteiger partial charge in [-0.3, -0.25) is 9.59 Å². The highest BCUT2D eigenvalue weighted by molar-refractivity contribution is 5.97. The molecule has 0 aromatic heterocycles. The van der Waals surface area contributed by atoms with Crippen molar-refractivity contribution in [2.24, 2.45) is 23.0 Å². The molecule has 10 nitrogen and oxygen atoms in total. The van der Waals surface area contributed by atoms with Gasteiger partial charge in [0.1, 0.15) is 12.8 Å². The second-order valence-corrected chi connectivity index (χ2v) is 16.9. The Bertz CT molecular complexity index is 1830. The monoisotopic (exact) mass is 782 g/mol. The highest BCUT2D eigenvalue weighted by atomic mass is 16.5. The number of nitrogens with two attached hydrogens (primary N) is 1. The molecule has 8 atom stereocenters. The molecule has 0 saturated heterocycles. The van der Waals surface area contributed by atoms with Gasteiger partial charge < -0.3 is 41.7 Å². The number of hydrogen-bond acceptors (Lipinski definition) is 9. The van der Waals surface area contributed by atoms with Gasteiger partial charge in [-0.1, -0.05) is 72.1 Å². The number of amides is 1. The van der Waals surface area contributed by atoms with E-state index in [1.54, 1.807) is 0 Å². The Balaban J connectivity index is 1.47. The minimum atomic E-state index is -1.24. The van der Waals surface area contributed by atoms with Crippen molar-refractivity contribution in [1.82, 2.24) is 16.0 Å². The Hall–Kier alpha value is -3.66. The fourth-order valence-electron chi connectivity index (χ4n) is 9.93. The van der Waals surface area contributed by atoms with E-state index in [1.807, 2.05) is 57.3 Å². The van der Waals surface area contributed by atoms with Crippen molar-refractivity contribution in [2.45, 2.75) is 122 Å². The summed E-state index contributed by atoms with van der Waals surface area (Å²) < 4.78 is 6.14. The second kappa shape index (κ2) is 19.9. The van der Waals surface area contributed by atoms with Gasteiger partial charge in [-0.05, 0) is 119 Å². The van der Waals surface area contributed by atoms with E-state index in [-0.39, 0.29) is 68.3 Å². The van der Waals surface area contributed by atoms with Gasteiger partial charge in [0.25, 0.3) is 0 Å². The molecule has 0 unspecified atom stereocenters. The lowest BCUT2D eigenvalue weighted by molar-refractivity contribution is -0.167. The zero-order chi connectivity index (χ0) is 41.3. The number of benzene rings is 1. The number of fused-ring (bicyclic) bond motifs is 1. The molecular weight excluding hydrogens is 717 g/mol. The maximum absolute atomic E-state index is 14.2. The van der Waals surface area contributed by atoms with Crippen LogP contribution in [0.1, 0.15) is 102 Å². The Labute approximate surface area is 340 Å². The van der Waals surface area contributed by atoms with Crippen LogP contribution in [0.15, 0.2) is 76.9 Å². The van der Waals surface area contributed by atoms with E-state index in [2.05, 4.69) is 54.3 Å². The Morgan fingerprint density at radius 1 is 1.25 bits per heavy atom. The summed E-state index contributed by atoms with van der Waals surface area (Å²) in [4.78, 5) is 26.6. The molecule has 4 aliphatic rings. The number of nitrogens with one attached hydrogen (secondary N) is 3. The van der Waals surface area contributed by atoms with Crippen LogP contribution >= 0.6 is 0 Å². The van der Waals surface area contributed by atoms with Crippen molar-refractivity contribution in [3.8, 4) is 11.8 Å². The number of ketones is 1. The molecule has 2 fully saturated rings. The first-order valence-electron chi connectivity index (χ1n) is 20.8. The van der Waals surface area contributed by atoms with Crippen LogP contribution in [0.4, 0.5) is 0 Å². The third kappa shape index (κ3) is 10.1. The molecule has 8 N–H and O–H groups in total. The van der Waals surface area contributed by atoms with Crippen LogP contribution in [-0.2, 0) is 27.2 Å². The van der Waals surface area contributed by atoms with E-state index in [0.717, 1.165) is 46.4 Å². The van der Waals surface area contributed by atoms with Crippen molar-refractivity contribution in [3.63, 3.8) is 0 Å². The topological polar surface area (TPSA) is 166 Å². The maximum atomic E-state index is 14.2. The number of aliphatic hydroxyl groups is 3. The van der Waals surface area contributed by atoms with Gasteiger partial charge in [-0.15, -0.1) is 0 Å². The SMILES string of the molecule is C=C1/C=C/C=C(\[C@H]2CC[C@@]3([C@H](CCCO)/C(=C(\C)C(=O)Cc4cccc5c4CC(=O)N[C@@H]5N)CC[C@@]3(C)O)[C@@H]2O)COCC#CC/C(C)=C/C[C@@H]1N[C@@H](C)CNC. The van der Waals surface area contributed by atoms with Gasteiger partial charge in [-0.2, -0.15) is 0 Å². The molecule has 2 heterocycles. The third-order valence-electron chi connectivity index (χ3n) is 13.1. The first-order chi connectivity index (χ1) is 27.2. The smallest absolute Gasteiger partial charge is 0.225 e. The number of likely N-dealkylation sites (N-methyl/N-ethyl adjacent to an activating group) is 1. The number of carbonyl (C=O) groups is 2. The Morgan fingerprint density at radius 2 is 2.04 bits per heavy atom. The van der Waals surface area contributed by atoms with Gasteiger partial charge in [0.15, 0.2) is 5.78 Å². The molecule has 2 aliphatic carbocycles. The van der Waals surface area contributed by atoms with Gasteiger partial charge >= 0.3 is 0 Å². The summed E-state index contributed by atoms with van der Waals surface area (Å²) in [7, 11) is 1.94. The second-order valence-electron chi connectivity index (χ2n) is 16.9. The molecule has 1 spiro atoms. The van der Waals surface area contributed by atoms with E-state index in [1.165, 1.54) is 5.57 Å². The fraction of sp³-hybridized carbons (Fsp3) is 0.574. The van der Waals surface area contributed by atoms with E-state index in [9.17, 15) is 24.9 Å². The van der Waals surface area contributed by atoms with Crippen LogP contribution in [0.25, 0.3) is 0 Å². The number of ether oxygens (including phenoxy) is 1. The predicted octanol–water partition coefficient (Wildman–Crippen LogP) is 4.80. The maximum Gasteiger partial charge on any atom is 0.225 e. The Morgan fingerprint density at radius 3 is 2.79 bits per heavy atom. The van der Waals surface area contributed by atoms with E-state index in [0.29, 0.717) is 50.5 Å². The molecular formula is C47H66N4O6. The lowest BCUT2D eigenvalue weighted by Gasteiger charge is -2.55. The molecule has 310 valence electrons. The van der Waals surface area contributed by atoms with Crippen molar-refractivity contribution >= 4 is 11.7 Å². The number of aliphatic hydroxyl groups excluding tert-OH is 2. The van der Waals surface area contributed by atoms with E-state index in [4.69, 9.17) is 10.5 Å². The zero-order valence-electron chi connectivity index (χ0n) is 34.8. The number of Topliss-reactive ketones (excluding diaryl/α,β-unsaturated/α-hetero) is 1. The van der Waals surface area contributed by atoms with Gasteiger partial charge in [-0.25, -0.2) is 0 Å². The highest BCUT2D eigenvalue weighted by Gasteiger charge is 2.64. The van der Waals surface area contributed by atoms with Gasteiger partial charge in [0.05, 0.1) is 24.7 Å². The van der Waals surface area contributed by atoms with Gasteiger partial charge in [0, 0.05) is 49.4 Å². The van der Waals surface area contributed by atoms with Crippen molar-refractivity contribution in [3.05, 3.63) is 93.6 Å². The summed E-state index contributed by atoms with van der Waals surface area (Å²) >= 11 is 0. The molecule has 57 heavy (non-hydrogen) atoms. The van der Waals surface area contributed by atoms with Crippen LogP contribution in [0, 0.1) is 29.1 Å². The van der Waals surface area contributed by atoms with E-state index < -0.39 is 23.3 Å². The standard InChI is InChI=1S/C47H66N4O6/c1-30-12-7-8-25-57-29-35(15-9-13-31(2)41(19-18-30)50-32(3)28-49-6)37-21-23-47(44(37)55)40(17-11-24-52)36(20-22-46(47,5)56)33(4)42(53)26-34-14-10-16-38-39(34)27-43(54)51-45(38)48/h9-10,13-16,18,32,37,40-41,44-45,49-50,52,55-56H,2,11-12,17,19-29,48H2,1,3-6H3,(H,51,54)/b13-9+,30-18+,35-15-,36-33+/t32-,37+,40+,41-,44+,45-,46+,47+/m0/s1. The first kappa shape index (κ1) is 44.4. The molecule has 0 bridgehead atoms. The summed E-state index contributed by atoms with van der Waals surface area (Å²) in [6, 6.07) is 5.90. The minimum Gasteiger partial charge on any atom is -0.396 e. The number of rotatable bonds is 11. The lowest BCUT2D eigenvalue weighted by atomic mass is 9.52. The molecule has 1 aromatic carbocycles. The van der Waals surface area contributed by atoms with Crippen molar-refractivity contribution < 1.29 is 29.6 Å². The van der Waals surface area contributed by atoms with Crippen LogP contribution < -0.4 is 21.7 Å². The summed E-state index contributed by atoms with van der Waals surface area (Å²) in [6.45, 7) is 13.7. The fourth-order valence-corrected chi connectivity index (χ4v) is 9.93. The molecule has 1 aromatic rings. The quantitative estimate of drug-likeness (QED) is 0.0949. The minimum absolute atomic E-state index is 0.0243. The molecule has 0 radical (unpaired) electrons. The average Bonchev–Trinajstić information content (AvgIpc) is 3.51. The average molecular weight is 783 g/mol. The number of allylic oxidation sites excluding steroid dienone is 5. The summed E-state index contributed by atoms with van der Waals surface area (Å²) in [5.41, 5.74) is 11.0. The molecule has 1 amide bonds. The third-order valence-corrected chi connectivity index (χ3v) is 13.1. The molecule has 2 saturated carbocycles. The predicted molar refractivity (Wildman–Crippen MR) is 226 cm³/mol. The van der Waals surface area contributed by atoms with Crippen LogP contribution in [0.2, 0.25) is 0 Å². The first-order valence-corrected chi connectivity index (χ1v) is 20.8. The van der Waals surface area contributed by atoms with E-state index >= 15 is 0 Å². The number of hydrogen-bond donors (Lipinski definition) is 7. The largest absolute Gasteiger partial charge is 0.396 e. The van der Waals surface area contributed by atoms with Crippen molar-refractivity contribution in [2.75, 3.05) is 33.4 Å². The van der Waals surface area contributed by atoms with Gasteiger partial charge in [0.2, 0.25) is 5.91 Å². The molecule has 5 rings (SSSR count). The molecule has 2 aliphatic heterocycles. The summed E-state index contributed by atoms with van der Waals surface area (Å²) in [6.07, 6.45) is 11.5. The van der Waals surface area contributed by atoms with Crippen LogP contribution in [0.3, 0.4) is 0 Å². The summed E-state index contributed by atoms with van der Waals surface area (Å²) in [5, 5.41) is 44.9. The highest BCUT2D eigenvalue weighted by Crippen LogP contribution is 2.63. The molecule has 10 heteroatoms. The normalized spacial score (nSPS) is 33.6. The van der Waals surface area contributed by atoms with Crippen molar-refractivity contribution in [1.29, 1.82) is 0 Å². The lowest BCUT2D eigenvalue weighted by Crippen LogP contribution is -2.59. The zero-order valence-corrected chi connectivity index (χ0v) is 34.8. The Kier molecular flexibility index (Phi) is 15.5. The summed E-state index contributed by atoms with van der Waals surface area (Å²) in [5.74, 6) is 5.51. The van der Waals surface area contributed by atoms with Crippen LogP contribution in [0.5, 0.6) is 0 Å². The number of carbonyl (C=O) groups excluding carboxylic acids is 2.